The van der Waals surface area contributed by atoms with Crippen molar-refractivity contribution in [2.24, 2.45) is 5.73 Å². The highest BCUT2D eigenvalue weighted by Crippen LogP contribution is 2.43. The van der Waals surface area contributed by atoms with Gasteiger partial charge in [0.15, 0.2) is 24.7 Å². The predicted molar refractivity (Wildman–Crippen MR) is 114 cm³/mol. The normalized spacial score (nSPS) is 14.7. The van der Waals surface area contributed by atoms with Crippen molar-refractivity contribution in [3.8, 4) is 11.8 Å². The lowest BCUT2D eigenvalue weighted by molar-refractivity contribution is -0.688. The Balaban J connectivity index is 0.00000259. The summed E-state index contributed by atoms with van der Waals surface area (Å²) in [6.45, 7) is 0.471. The molecule has 0 radical (unpaired) electrons. The van der Waals surface area contributed by atoms with E-state index in [1.54, 1.807) is 42.5 Å². The van der Waals surface area contributed by atoms with Crippen molar-refractivity contribution in [3.05, 3.63) is 117 Å². The van der Waals surface area contributed by atoms with E-state index < -0.39 is 11.5 Å². The van der Waals surface area contributed by atoms with Gasteiger partial charge in [-0.25, -0.2) is 13.8 Å². The Kier molecular flexibility index (Phi) is 5.86. The largest absolute Gasteiger partial charge is 1.00 e. The van der Waals surface area contributed by atoms with Gasteiger partial charge in [0.1, 0.15) is 23.0 Å². The molecule has 0 aliphatic carbocycles. The van der Waals surface area contributed by atoms with Crippen molar-refractivity contribution in [3.63, 3.8) is 0 Å². The molecule has 4 aromatic rings. The summed E-state index contributed by atoms with van der Waals surface area (Å²) in [6, 6.07) is 19.1. The van der Waals surface area contributed by atoms with Crippen LogP contribution in [-0.2, 0) is 6.54 Å². The third-order valence-corrected chi connectivity index (χ3v) is 5.48. The maximum absolute atomic E-state index is 13.5. The molecule has 0 amide bonds. The number of allylic oxidation sites excluding steroid dienone is 1. The van der Waals surface area contributed by atoms with Gasteiger partial charge in [0.05, 0.1) is 16.9 Å². The van der Waals surface area contributed by atoms with Crippen LogP contribution in [0.5, 0.6) is 5.75 Å². The van der Waals surface area contributed by atoms with Crippen LogP contribution in [0.3, 0.4) is 0 Å². The third kappa shape index (κ3) is 3.93. The number of aromatic nitrogens is 1. The average Bonchev–Trinajstić information content (AvgIpc) is 2.79. The maximum atomic E-state index is 13.5. The molecule has 3 heterocycles. The van der Waals surface area contributed by atoms with Crippen LogP contribution < -0.4 is 33.1 Å². The Morgan fingerprint density at radius 1 is 1.09 bits per heavy atom. The van der Waals surface area contributed by atoms with Crippen molar-refractivity contribution < 1.29 is 30.5 Å². The summed E-state index contributed by atoms with van der Waals surface area (Å²) in [4.78, 5) is 12.9. The zero-order valence-corrected chi connectivity index (χ0v) is 17.9. The summed E-state index contributed by atoms with van der Waals surface area (Å²) in [5.41, 5.74) is 7.75. The number of halogens is 2. The Bertz CT molecular complexity index is 1490. The Morgan fingerprint density at radius 3 is 2.58 bits per heavy atom. The first-order chi connectivity index (χ1) is 15.5. The maximum Gasteiger partial charge on any atom is 0.344 e. The first-order valence-electron chi connectivity index (χ1n) is 9.92. The fraction of sp³-hybridized carbons (Fsp3) is 0.0800. The highest BCUT2D eigenvalue weighted by Gasteiger charge is 2.35. The van der Waals surface area contributed by atoms with Gasteiger partial charge in [0.2, 0.25) is 5.88 Å². The lowest BCUT2D eigenvalue weighted by Crippen LogP contribution is -3.00. The minimum atomic E-state index is -0.728. The predicted octanol–water partition coefficient (Wildman–Crippen LogP) is 0.490. The van der Waals surface area contributed by atoms with Gasteiger partial charge >= 0.3 is 5.63 Å². The van der Waals surface area contributed by atoms with Crippen molar-refractivity contribution in [1.29, 1.82) is 5.26 Å². The molecule has 0 saturated carbocycles. The quantitative estimate of drug-likeness (QED) is 0.354. The summed E-state index contributed by atoms with van der Waals surface area (Å²) in [5, 5.41) is 10.4. The van der Waals surface area contributed by atoms with E-state index in [0.29, 0.717) is 28.8 Å². The molecular weight excluding hydrogens is 445 g/mol. The second kappa shape index (κ2) is 8.77. The monoisotopic (exact) mass is 461 g/mol. The number of para-hydroxylation sites is 1. The smallest absolute Gasteiger partial charge is 0.344 e. The second-order valence-corrected chi connectivity index (χ2v) is 7.49. The summed E-state index contributed by atoms with van der Waals surface area (Å²) in [7, 11) is 0. The standard InChI is InChI=1S/C25H17FN3O3.ClH/c26-17-5-3-4-15(12-17)14-29-10-8-16(9-11-29)21-19(13-27)24(28)32-23-18-6-1-2-7-20(18)31-25(30)22(21)23;/h1-12,21H,14,28H2;1H/q+1;/p-1. The molecule has 0 fully saturated rings. The molecule has 0 spiro atoms. The number of nitrogens with zero attached hydrogens (tertiary/aromatic N) is 2. The number of fused-ring (bicyclic) bond motifs is 3. The van der Waals surface area contributed by atoms with E-state index in [1.807, 2.05) is 23.0 Å². The van der Waals surface area contributed by atoms with Crippen molar-refractivity contribution in [1.82, 2.24) is 0 Å². The van der Waals surface area contributed by atoms with Crippen LogP contribution in [0.1, 0.15) is 22.6 Å². The molecule has 1 aliphatic heterocycles. The van der Waals surface area contributed by atoms with E-state index in [0.717, 1.165) is 5.56 Å². The molecule has 164 valence electrons. The van der Waals surface area contributed by atoms with E-state index in [-0.39, 0.29) is 35.2 Å². The number of pyridine rings is 1. The van der Waals surface area contributed by atoms with Crippen LogP contribution in [-0.4, -0.2) is 0 Å². The molecule has 0 bridgehead atoms. The number of rotatable bonds is 3. The molecule has 2 N–H and O–H groups in total. The van der Waals surface area contributed by atoms with Crippen molar-refractivity contribution in [2.45, 2.75) is 12.5 Å². The first-order valence-corrected chi connectivity index (χ1v) is 9.92. The van der Waals surface area contributed by atoms with Crippen LogP contribution >= 0.6 is 0 Å². The van der Waals surface area contributed by atoms with Crippen LogP contribution in [0.15, 0.2) is 93.7 Å². The van der Waals surface area contributed by atoms with Crippen LogP contribution in [0.4, 0.5) is 4.39 Å². The fourth-order valence-electron chi connectivity index (χ4n) is 4.01. The Hall–Kier alpha value is -4.15. The SMILES string of the molecule is N#CC1=C(N)Oc2c(c(=O)oc3ccccc23)C1c1cc[n+](Cc2cccc(F)c2)cc1.[Cl-]. The van der Waals surface area contributed by atoms with Gasteiger partial charge in [-0.15, -0.1) is 0 Å². The van der Waals surface area contributed by atoms with Gasteiger partial charge in [0.25, 0.3) is 0 Å². The van der Waals surface area contributed by atoms with Crippen molar-refractivity contribution >= 4 is 11.0 Å². The lowest BCUT2D eigenvalue weighted by atomic mass is 9.84. The number of nitriles is 1. The Morgan fingerprint density at radius 2 is 1.85 bits per heavy atom. The van der Waals surface area contributed by atoms with Gasteiger partial charge in [-0.1, -0.05) is 24.3 Å². The number of hydrogen-bond acceptors (Lipinski definition) is 5. The van der Waals surface area contributed by atoms with Crippen LogP contribution in [0.25, 0.3) is 11.0 Å². The van der Waals surface area contributed by atoms with Gasteiger partial charge in [-0.3, -0.25) is 0 Å². The molecule has 6 nitrogen and oxygen atoms in total. The molecule has 2 aromatic carbocycles. The first kappa shape index (κ1) is 22.1. The summed E-state index contributed by atoms with van der Waals surface area (Å²) < 4.78 is 26.6. The number of ether oxygens (including phenoxy) is 1. The van der Waals surface area contributed by atoms with Crippen LogP contribution in [0.2, 0.25) is 0 Å². The molecule has 33 heavy (non-hydrogen) atoms. The van der Waals surface area contributed by atoms with Gasteiger partial charge < -0.3 is 27.3 Å². The van der Waals surface area contributed by atoms with E-state index in [1.165, 1.54) is 12.1 Å². The second-order valence-electron chi connectivity index (χ2n) is 7.49. The van der Waals surface area contributed by atoms with Crippen molar-refractivity contribution in [2.75, 3.05) is 0 Å². The third-order valence-electron chi connectivity index (χ3n) is 5.48. The molecule has 2 aromatic heterocycles. The lowest BCUT2D eigenvalue weighted by Gasteiger charge is -2.25. The highest BCUT2D eigenvalue weighted by molar-refractivity contribution is 5.85. The molecule has 1 aliphatic rings. The number of benzene rings is 2. The van der Waals surface area contributed by atoms with Gasteiger partial charge in [0, 0.05) is 17.7 Å². The zero-order valence-electron chi connectivity index (χ0n) is 17.2. The van der Waals surface area contributed by atoms with E-state index >= 15 is 0 Å². The molecule has 0 saturated heterocycles. The molecule has 5 rings (SSSR count). The summed E-state index contributed by atoms with van der Waals surface area (Å²) >= 11 is 0. The van der Waals surface area contributed by atoms with E-state index in [9.17, 15) is 14.4 Å². The zero-order chi connectivity index (χ0) is 22.2. The van der Waals surface area contributed by atoms with E-state index in [2.05, 4.69) is 6.07 Å². The number of hydrogen-bond donors (Lipinski definition) is 1. The minimum Gasteiger partial charge on any atom is -1.00 e. The molecule has 1 atom stereocenters. The highest BCUT2D eigenvalue weighted by atomic mass is 35.5. The molecule has 1 unspecified atom stereocenters. The van der Waals surface area contributed by atoms with E-state index in [4.69, 9.17) is 14.9 Å². The van der Waals surface area contributed by atoms with Gasteiger partial charge in [-0.2, -0.15) is 5.26 Å². The number of nitrogens with two attached hydrogens (primary N) is 1. The van der Waals surface area contributed by atoms with Gasteiger partial charge in [-0.05, 0) is 29.8 Å². The summed E-state index contributed by atoms with van der Waals surface area (Å²) in [6.07, 6.45) is 3.62. The van der Waals surface area contributed by atoms with Crippen LogP contribution in [0, 0.1) is 17.1 Å². The Labute approximate surface area is 194 Å². The minimum absolute atomic E-state index is 0. The topological polar surface area (TPSA) is 93.1 Å². The molecule has 8 heteroatoms. The summed E-state index contributed by atoms with van der Waals surface area (Å²) in [5.74, 6) is -0.766. The fourth-order valence-corrected chi connectivity index (χ4v) is 4.01. The average molecular weight is 462 g/mol. The molecular formula is C25H17ClFN3O3.